The van der Waals surface area contributed by atoms with Crippen molar-refractivity contribution in [3.05, 3.63) is 34.0 Å². The van der Waals surface area contributed by atoms with Crippen molar-refractivity contribution in [1.82, 2.24) is 0 Å². The van der Waals surface area contributed by atoms with Crippen molar-refractivity contribution in [2.24, 2.45) is 0 Å². The van der Waals surface area contributed by atoms with Gasteiger partial charge in [0.15, 0.2) is 17.8 Å². The van der Waals surface area contributed by atoms with E-state index >= 15 is 0 Å². The summed E-state index contributed by atoms with van der Waals surface area (Å²) in [6, 6.07) is 0. The summed E-state index contributed by atoms with van der Waals surface area (Å²) in [4.78, 5) is 12.1. The Morgan fingerprint density at radius 2 is 1.50 bits per heavy atom. The molecule has 0 fully saturated rings. The third-order valence-electron chi connectivity index (χ3n) is 4.94. The van der Waals surface area contributed by atoms with E-state index in [2.05, 4.69) is 0 Å². The Morgan fingerprint density at radius 1 is 0.846 bits per heavy atom. The number of allylic oxidation sites excluding steroid dienone is 1. The summed E-state index contributed by atoms with van der Waals surface area (Å²) in [5, 5.41) is 0. The highest BCUT2D eigenvalue weighted by Gasteiger charge is 2.42. The predicted octanol–water partition coefficient (Wildman–Crippen LogP) is 2.13. The van der Waals surface area contributed by atoms with E-state index in [4.69, 9.17) is 28.4 Å². The Kier molecular flexibility index (Phi) is 7.25. The molecule has 0 radical (unpaired) electrons. The molecular formula is C19H28O7. The number of methoxy groups -OCH3 is 6. The normalized spacial score (nSPS) is 29.7. The van der Waals surface area contributed by atoms with Crippen molar-refractivity contribution >= 4 is 6.29 Å². The van der Waals surface area contributed by atoms with Crippen LogP contribution >= 0.6 is 0 Å². The first-order valence-corrected chi connectivity index (χ1v) is 8.50. The third kappa shape index (κ3) is 3.39. The van der Waals surface area contributed by atoms with Gasteiger partial charge in [-0.05, 0) is 24.8 Å². The highest BCUT2D eigenvalue weighted by atomic mass is 16.6. The van der Waals surface area contributed by atoms with Gasteiger partial charge in [-0.3, -0.25) is 4.79 Å². The number of carbonyl (C=O) groups is 1. The molecule has 2 aliphatic carbocycles. The molecular weight excluding hydrogens is 340 g/mol. The summed E-state index contributed by atoms with van der Waals surface area (Å²) in [5.41, 5.74) is 1.96. The molecule has 0 saturated carbocycles. The molecule has 2 rings (SSSR count). The van der Waals surface area contributed by atoms with Crippen LogP contribution in [-0.4, -0.2) is 67.3 Å². The topological polar surface area (TPSA) is 72.5 Å². The number of aldehydes is 1. The molecule has 0 aromatic heterocycles. The minimum atomic E-state index is -0.463. The van der Waals surface area contributed by atoms with Gasteiger partial charge >= 0.3 is 0 Å². The third-order valence-corrected chi connectivity index (χ3v) is 4.94. The summed E-state index contributed by atoms with van der Waals surface area (Å²) >= 11 is 0. The van der Waals surface area contributed by atoms with E-state index in [1.807, 2.05) is 0 Å². The Morgan fingerprint density at radius 3 is 1.96 bits per heavy atom. The van der Waals surface area contributed by atoms with Crippen LogP contribution in [0.4, 0.5) is 0 Å². The van der Waals surface area contributed by atoms with Crippen molar-refractivity contribution in [2.75, 3.05) is 42.7 Å². The van der Waals surface area contributed by atoms with E-state index in [0.717, 1.165) is 24.7 Å². The van der Waals surface area contributed by atoms with Gasteiger partial charge in [-0.15, -0.1) is 0 Å². The van der Waals surface area contributed by atoms with Crippen LogP contribution in [0.3, 0.4) is 0 Å². The zero-order valence-corrected chi connectivity index (χ0v) is 16.3. The molecule has 0 heterocycles. The number of rotatable bonds is 7. The monoisotopic (exact) mass is 368 g/mol. The Labute approximate surface area is 154 Å². The fourth-order valence-corrected chi connectivity index (χ4v) is 3.82. The molecule has 0 spiro atoms. The number of ether oxygens (including phenoxy) is 6. The summed E-state index contributed by atoms with van der Waals surface area (Å²) in [6.45, 7) is 0. The molecule has 3 unspecified atom stereocenters. The highest BCUT2D eigenvalue weighted by Crippen LogP contribution is 2.42. The first-order valence-electron chi connectivity index (χ1n) is 8.50. The van der Waals surface area contributed by atoms with Crippen molar-refractivity contribution in [3.63, 3.8) is 0 Å². The average molecular weight is 368 g/mol. The molecule has 0 amide bonds. The summed E-state index contributed by atoms with van der Waals surface area (Å²) in [5.74, 6) is 1.41. The minimum Gasteiger partial charge on any atom is -0.498 e. The molecule has 0 aromatic carbocycles. The van der Waals surface area contributed by atoms with Crippen molar-refractivity contribution in [2.45, 2.75) is 37.6 Å². The van der Waals surface area contributed by atoms with Crippen molar-refractivity contribution in [1.29, 1.82) is 0 Å². The van der Waals surface area contributed by atoms with Gasteiger partial charge in [0.1, 0.15) is 24.1 Å². The maximum Gasteiger partial charge on any atom is 0.170 e. The van der Waals surface area contributed by atoms with Crippen LogP contribution in [0.15, 0.2) is 34.0 Å². The fraction of sp³-hybridized carbons (Fsp3) is 0.632. The lowest BCUT2D eigenvalue weighted by molar-refractivity contribution is -0.105. The molecule has 26 heavy (non-hydrogen) atoms. The van der Waals surface area contributed by atoms with E-state index in [0.29, 0.717) is 34.8 Å². The number of carbonyl (C=O) groups excluding carboxylic acids is 1. The van der Waals surface area contributed by atoms with Crippen molar-refractivity contribution in [3.8, 4) is 0 Å². The summed E-state index contributed by atoms with van der Waals surface area (Å²) < 4.78 is 33.7. The number of hydrogen-bond donors (Lipinski definition) is 0. The smallest absolute Gasteiger partial charge is 0.170 e. The standard InChI is InChI=1S/C19H28O7/c1-21-13-9-7-8-11-14(12(10-20)15(13)22-2)17(24-4)19(26-6)18(25-5)16(11)23-3/h10,13,16,18H,7-9H2,1-6H3/b15-12+. The second-order valence-corrected chi connectivity index (χ2v) is 6.03. The molecule has 0 aromatic rings. The first kappa shape index (κ1) is 20.5. The molecule has 3 atom stereocenters. The highest BCUT2D eigenvalue weighted by molar-refractivity contribution is 5.85. The van der Waals surface area contributed by atoms with E-state index in [-0.39, 0.29) is 6.10 Å². The van der Waals surface area contributed by atoms with E-state index in [9.17, 15) is 4.79 Å². The maximum atomic E-state index is 12.1. The van der Waals surface area contributed by atoms with Crippen LogP contribution in [0, 0.1) is 0 Å². The minimum absolute atomic E-state index is 0.306. The van der Waals surface area contributed by atoms with Gasteiger partial charge in [0, 0.05) is 26.9 Å². The lowest BCUT2D eigenvalue weighted by atomic mass is 9.81. The zero-order valence-electron chi connectivity index (χ0n) is 16.3. The first-order chi connectivity index (χ1) is 12.6. The maximum absolute atomic E-state index is 12.1. The van der Waals surface area contributed by atoms with Gasteiger partial charge < -0.3 is 28.4 Å². The number of hydrogen-bond acceptors (Lipinski definition) is 7. The second kappa shape index (κ2) is 9.21. The fourth-order valence-electron chi connectivity index (χ4n) is 3.82. The van der Waals surface area contributed by atoms with Crippen molar-refractivity contribution < 1.29 is 33.2 Å². The zero-order chi connectivity index (χ0) is 19.3. The lowest BCUT2D eigenvalue weighted by Crippen LogP contribution is -2.40. The molecule has 0 bridgehead atoms. The van der Waals surface area contributed by atoms with E-state index < -0.39 is 12.2 Å². The molecule has 0 aliphatic heterocycles. The predicted molar refractivity (Wildman–Crippen MR) is 94.4 cm³/mol. The van der Waals surface area contributed by atoms with Gasteiger partial charge in [0.2, 0.25) is 0 Å². The quantitative estimate of drug-likeness (QED) is 0.638. The Hall–Kier alpha value is -1.83. The van der Waals surface area contributed by atoms with Crippen LogP contribution in [0.5, 0.6) is 0 Å². The molecule has 2 aliphatic rings. The molecule has 7 heteroatoms. The molecule has 146 valence electrons. The van der Waals surface area contributed by atoms with Crippen LogP contribution < -0.4 is 0 Å². The largest absolute Gasteiger partial charge is 0.498 e. The van der Waals surface area contributed by atoms with Gasteiger partial charge in [-0.1, -0.05) is 0 Å². The van der Waals surface area contributed by atoms with Crippen LogP contribution in [0.25, 0.3) is 0 Å². The second-order valence-electron chi connectivity index (χ2n) is 6.03. The molecule has 0 N–H and O–H groups in total. The lowest BCUT2D eigenvalue weighted by Gasteiger charge is -2.37. The molecule has 7 nitrogen and oxygen atoms in total. The van der Waals surface area contributed by atoms with Crippen LogP contribution in [-0.2, 0) is 33.2 Å². The van der Waals surface area contributed by atoms with Gasteiger partial charge in [0.05, 0.1) is 26.9 Å². The van der Waals surface area contributed by atoms with Crippen LogP contribution in [0.2, 0.25) is 0 Å². The van der Waals surface area contributed by atoms with Crippen LogP contribution in [0.1, 0.15) is 19.3 Å². The molecule has 0 saturated heterocycles. The summed E-state index contributed by atoms with van der Waals surface area (Å²) in [7, 11) is 9.44. The Balaban J connectivity index is 2.83. The van der Waals surface area contributed by atoms with Gasteiger partial charge in [-0.25, -0.2) is 0 Å². The van der Waals surface area contributed by atoms with E-state index in [1.54, 1.807) is 35.5 Å². The SMILES string of the molecule is COC1=C(OC)C(OC)C(OC)C2=C1/C(C=O)=C(/OC)C(OC)CCC2. The summed E-state index contributed by atoms with van der Waals surface area (Å²) in [6.07, 6.45) is 1.89. The van der Waals surface area contributed by atoms with Gasteiger partial charge in [0.25, 0.3) is 0 Å². The Bertz CT molecular complexity index is 617. The van der Waals surface area contributed by atoms with E-state index in [1.165, 1.54) is 7.11 Å². The average Bonchev–Trinajstić information content (AvgIpc) is 2.66. The van der Waals surface area contributed by atoms with Gasteiger partial charge in [-0.2, -0.15) is 0 Å².